The number of esters is 3. The van der Waals surface area contributed by atoms with Crippen LogP contribution in [0.25, 0.3) is 0 Å². The third-order valence-corrected chi connectivity index (χ3v) is 5.62. The highest BCUT2D eigenvalue weighted by Gasteiger charge is 2.43. The monoisotopic (exact) mass is 492 g/mol. The maximum Gasteiger partial charge on any atom is 0.332 e. The topological polar surface area (TPSA) is 146 Å². The summed E-state index contributed by atoms with van der Waals surface area (Å²) in [4.78, 5) is 62.0. The fraction of sp³-hybridized carbons (Fsp3) is 0.542. The molecule has 1 fully saturated rings. The van der Waals surface area contributed by atoms with E-state index in [1.54, 1.807) is 6.92 Å². The molecule has 0 aromatic heterocycles. The number of carbonyl (C=O) groups excluding carboxylic acids is 5. The van der Waals surface area contributed by atoms with Gasteiger partial charge < -0.3 is 29.6 Å². The molecule has 5 atom stereocenters. The molecule has 1 saturated heterocycles. The minimum absolute atomic E-state index is 0.0383. The van der Waals surface area contributed by atoms with Crippen LogP contribution in [-0.2, 0) is 33.4 Å². The molecule has 192 valence electrons. The van der Waals surface area contributed by atoms with Crippen molar-refractivity contribution in [2.24, 2.45) is 5.92 Å². The Labute approximate surface area is 203 Å². The molecule has 11 heteroatoms. The van der Waals surface area contributed by atoms with E-state index in [2.05, 4.69) is 10.6 Å². The summed E-state index contributed by atoms with van der Waals surface area (Å²) < 4.78 is 21.8. The largest absolute Gasteiger partial charge is 0.494 e. The highest BCUT2D eigenvalue weighted by molar-refractivity contribution is 6.01. The van der Waals surface area contributed by atoms with E-state index >= 15 is 0 Å². The molecule has 0 aliphatic carbocycles. The summed E-state index contributed by atoms with van der Waals surface area (Å²) in [5, 5.41) is 4.96. The molecule has 2 amide bonds. The zero-order chi connectivity index (χ0) is 26.1. The minimum atomic E-state index is -1.36. The number of ether oxygens (including phenoxy) is 4. The van der Waals surface area contributed by atoms with Gasteiger partial charge in [0.15, 0.2) is 17.9 Å². The summed E-state index contributed by atoms with van der Waals surface area (Å²) in [6.45, 7) is 6.51. The summed E-state index contributed by atoms with van der Waals surface area (Å²) >= 11 is 0. The van der Waals surface area contributed by atoms with Gasteiger partial charge >= 0.3 is 17.9 Å². The molecule has 1 aromatic carbocycles. The van der Waals surface area contributed by atoms with Crippen LogP contribution in [0.5, 0.6) is 5.75 Å². The first kappa shape index (κ1) is 27.6. The molecule has 1 aliphatic rings. The summed E-state index contributed by atoms with van der Waals surface area (Å²) in [6, 6.07) is 3.15. The zero-order valence-corrected chi connectivity index (χ0v) is 20.5. The lowest BCUT2D eigenvalue weighted by atomic mass is 9.95. The Bertz CT molecular complexity index is 949. The molecule has 0 bridgehead atoms. The zero-order valence-electron chi connectivity index (χ0n) is 20.5. The average molecular weight is 493 g/mol. The first-order valence-corrected chi connectivity index (χ1v) is 11.5. The van der Waals surface area contributed by atoms with Gasteiger partial charge in [-0.3, -0.25) is 19.2 Å². The number of para-hydroxylation sites is 1. The highest BCUT2D eigenvalue weighted by Crippen LogP contribution is 2.29. The quantitative estimate of drug-likeness (QED) is 0.300. The Morgan fingerprint density at radius 2 is 1.77 bits per heavy atom. The molecule has 1 aromatic rings. The lowest BCUT2D eigenvalue weighted by Gasteiger charge is -2.28. The molecule has 35 heavy (non-hydrogen) atoms. The SMILES string of the molecule is CCCC(=O)O[C@H]1[C@H](C)OC(=O)[C@@H](NC(=O)c2cccc(NC=O)c2OC)[C@@H](C)OC(=O)[C@@H]1CC. The molecule has 0 spiro atoms. The molecule has 0 unspecified atom stereocenters. The van der Waals surface area contributed by atoms with Crippen molar-refractivity contribution in [1.29, 1.82) is 0 Å². The van der Waals surface area contributed by atoms with E-state index in [0.717, 1.165) is 0 Å². The van der Waals surface area contributed by atoms with Crippen LogP contribution in [0.15, 0.2) is 18.2 Å². The van der Waals surface area contributed by atoms with Gasteiger partial charge in [0.2, 0.25) is 6.41 Å². The van der Waals surface area contributed by atoms with Crippen molar-refractivity contribution in [1.82, 2.24) is 5.32 Å². The van der Waals surface area contributed by atoms with E-state index < -0.39 is 54.1 Å². The number of benzene rings is 1. The molecule has 1 aliphatic heterocycles. The van der Waals surface area contributed by atoms with E-state index in [1.807, 2.05) is 6.92 Å². The van der Waals surface area contributed by atoms with Crippen LogP contribution in [0.3, 0.4) is 0 Å². The second kappa shape index (κ2) is 12.7. The second-order valence-corrected chi connectivity index (χ2v) is 8.10. The van der Waals surface area contributed by atoms with Crippen LogP contribution < -0.4 is 15.4 Å². The van der Waals surface area contributed by atoms with Crippen LogP contribution in [0.1, 0.15) is 57.3 Å². The Morgan fingerprint density at radius 3 is 2.37 bits per heavy atom. The van der Waals surface area contributed by atoms with Gasteiger partial charge in [-0.25, -0.2) is 4.79 Å². The van der Waals surface area contributed by atoms with Crippen molar-refractivity contribution < 1.29 is 42.9 Å². The number of hydrogen-bond acceptors (Lipinski definition) is 9. The Kier molecular flexibility index (Phi) is 10.0. The molecular weight excluding hydrogens is 460 g/mol. The van der Waals surface area contributed by atoms with Gasteiger partial charge in [0.1, 0.15) is 12.2 Å². The van der Waals surface area contributed by atoms with E-state index in [4.69, 9.17) is 18.9 Å². The van der Waals surface area contributed by atoms with Crippen molar-refractivity contribution in [3.05, 3.63) is 23.8 Å². The predicted molar refractivity (Wildman–Crippen MR) is 124 cm³/mol. The number of rotatable bonds is 9. The fourth-order valence-electron chi connectivity index (χ4n) is 3.82. The number of amides is 2. The third kappa shape index (κ3) is 6.71. The van der Waals surface area contributed by atoms with Crippen molar-refractivity contribution in [3.63, 3.8) is 0 Å². The number of nitrogens with one attached hydrogen (secondary N) is 2. The van der Waals surface area contributed by atoms with Gasteiger partial charge in [0.05, 0.1) is 24.3 Å². The molecule has 11 nitrogen and oxygen atoms in total. The Balaban J connectivity index is 2.34. The smallest absolute Gasteiger partial charge is 0.332 e. The number of anilines is 1. The molecule has 1 heterocycles. The van der Waals surface area contributed by atoms with Crippen molar-refractivity contribution in [2.45, 2.75) is 71.3 Å². The summed E-state index contributed by atoms with van der Waals surface area (Å²) in [5.41, 5.74) is 0.291. The number of cyclic esters (lactones) is 2. The molecular formula is C24H32N2O9. The molecule has 0 radical (unpaired) electrons. The first-order valence-electron chi connectivity index (χ1n) is 11.5. The molecule has 0 saturated carbocycles. The maximum absolute atomic E-state index is 13.1. The standard InChI is InChI=1S/C24H32N2O9/c1-6-9-18(28)35-20-14(4)34-24(31)19(13(3)33-23(30)15(20)7-2)26-22(29)16-10-8-11-17(25-12-27)21(16)32-5/h8,10-15,19-20H,6-7,9H2,1-5H3,(H,25,27)(H,26,29)/t13-,14+,15-,19+,20+/m1/s1. The van der Waals surface area contributed by atoms with Crippen LogP contribution in [0.2, 0.25) is 0 Å². The Morgan fingerprint density at radius 1 is 1.09 bits per heavy atom. The number of methoxy groups -OCH3 is 1. The van der Waals surface area contributed by atoms with Crippen LogP contribution in [0.4, 0.5) is 5.69 Å². The van der Waals surface area contributed by atoms with E-state index in [-0.39, 0.29) is 29.8 Å². The van der Waals surface area contributed by atoms with Crippen molar-refractivity contribution >= 4 is 35.9 Å². The highest BCUT2D eigenvalue weighted by atomic mass is 16.6. The van der Waals surface area contributed by atoms with Gasteiger partial charge in [-0.2, -0.15) is 0 Å². The predicted octanol–water partition coefficient (Wildman–Crippen LogP) is 1.98. The number of hydrogen-bond donors (Lipinski definition) is 2. The maximum atomic E-state index is 13.1. The lowest BCUT2D eigenvalue weighted by Crippen LogP contribution is -2.50. The fourth-order valence-corrected chi connectivity index (χ4v) is 3.82. The van der Waals surface area contributed by atoms with Gasteiger partial charge in [-0.1, -0.05) is 19.9 Å². The van der Waals surface area contributed by atoms with Gasteiger partial charge in [-0.15, -0.1) is 0 Å². The Hall–Kier alpha value is -3.63. The van der Waals surface area contributed by atoms with Crippen LogP contribution in [0, 0.1) is 5.92 Å². The van der Waals surface area contributed by atoms with Crippen LogP contribution in [-0.4, -0.2) is 61.7 Å². The molecule has 2 N–H and O–H groups in total. The normalized spacial score (nSPS) is 24.5. The third-order valence-electron chi connectivity index (χ3n) is 5.62. The van der Waals surface area contributed by atoms with E-state index in [9.17, 15) is 24.0 Å². The van der Waals surface area contributed by atoms with Gasteiger partial charge in [-0.05, 0) is 38.8 Å². The van der Waals surface area contributed by atoms with E-state index in [1.165, 1.54) is 39.2 Å². The van der Waals surface area contributed by atoms with Crippen molar-refractivity contribution in [2.75, 3.05) is 12.4 Å². The second-order valence-electron chi connectivity index (χ2n) is 8.10. The average Bonchev–Trinajstić information content (AvgIpc) is 2.84. The molecule has 2 rings (SSSR count). The lowest BCUT2D eigenvalue weighted by molar-refractivity contribution is -0.174. The van der Waals surface area contributed by atoms with Gasteiger partial charge in [0.25, 0.3) is 5.91 Å². The summed E-state index contributed by atoms with van der Waals surface area (Å²) in [7, 11) is 1.33. The first-order chi connectivity index (χ1) is 16.7. The summed E-state index contributed by atoms with van der Waals surface area (Å²) in [6.07, 6.45) is -1.68. The minimum Gasteiger partial charge on any atom is -0.494 e. The number of carbonyl (C=O) groups is 5. The van der Waals surface area contributed by atoms with Gasteiger partial charge in [0, 0.05) is 6.42 Å². The van der Waals surface area contributed by atoms with Crippen LogP contribution >= 0.6 is 0 Å². The summed E-state index contributed by atoms with van der Waals surface area (Å²) in [5.74, 6) is -3.54. The van der Waals surface area contributed by atoms with E-state index in [0.29, 0.717) is 12.8 Å². The van der Waals surface area contributed by atoms with Crippen molar-refractivity contribution in [3.8, 4) is 5.75 Å².